The van der Waals surface area contributed by atoms with E-state index in [1.165, 1.54) is 17.5 Å². The van der Waals surface area contributed by atoms with Gasteiger partial charge in [0.25, 0.3) is 11.4 Å². The highest BCUT2D eigenvalue weighted by Gasteiger charge is 2.58. The standard InChI is InChI=1S/C22H22N2O4/c25-23(26)19-5-1-17(2-6-19)21-10-15-9-16(11-21)13-22(12-15,14-21)18-3-7-20(8-4-18)24(27)28/h1-8,15-16H,9-14H2. The van der Waals surface area contributed by atoms with Crippen LogP contribution in [0.2, 0.25) is 0 Å². The van der Waals surface area contributed by atoms with Gasteiger partial charge in [-0.25, -0.2) is 0 Å². The number of non-ortho nitro benzene ring substituents is 2. The van der Waals surface area contributed by atoms with Crippen LogP contribution in [-0.2, 0) is 10.8 Å². The van der Waals surface area contributed by atoms with E-state index in [2.05, 4.69) is 0 Å². The lowest BCUT2D eigenvalue weighted by atomic mass is 9.42. The van der Waals surface area contributed by atoms with Crippen LogP contribution in [0.1, 0.15) is 49.7 Å². The molecule has 2 aromatic rings. The summed E-state index contributed by atoms with van der Waals surface area (Å²) in [6.07, 6.45) is 6.89. The SMILES string of the molecule is O=[N+]([O-])c1ccc(C23CC4CC(C2)CC(c2ccc([N+](=O)[O-])cc2)(C4)C3)cc1. The molecule has 0 amide bonds. The molecule has 4 saturated carbocycles. The highest BCUT2D eigenvalue weighted by atomic mass is 16.6. The van der Waals surface area contributed by atoms with Crippen molar-refractivity contribution in [2.75, 3.05) is 0 Å². The predicted octanol–water partition coefficient (Wildman–Crippen LogP) is 5.29. The Morgan fingerprint density at radius 2 is 1.04 bits per heavy atom. The highest BCUT2D eigenvalue weighted by Crippen LogP contribution is 2.66. The fourth-order valence-electron chi connectivity index (χ4n) is 6.81. The predicted molar refractivity (Wildman–Crippen MR) is 104 cm³/mol. The van der Waals surface area contributed by atoms with Crippen LogP contribution in [0.5, 0.6) is 0 Å². The molecule has 0 spiro atoms. The average Bonchev–Trinajstić information content (AvgIpc) is 2.67. The number of benzene rings is 2. The summed E-state index contributed by atoms with van der Waals surface area (Å²) in [4.78, 5) is 21.4. The van der Waals surface area contributed by atoms with Crippen LogP contribution in [0, 0.1) is 32.1 Å². The van der Waals surface area contributed by atoms with Crippen LogP contribution in [-0.4, -0.2) is 9.85 Å². The Morgan fingerprint density at radius 1 is 0.679 bits per heavy atom. The maximum atomic E-state index is 11.0. The van der Waals surface area contributed by atoms with Gasteiger partial charge in [0, 0.05) is 24.3 Å². The van der Waals surface area contributed by atoms with Crippen LogP contribution in [0.4, 0.5) is 11.4 Å². The molecule has 144 valence electrons. The van der Waals surface area contributed by atoms with Crippen molar-refractivity contribution in [2.45, 2.75) is 49.4 Å². The summed E-state index contributed by atoms with van der Waals surface area (Å²) in [5.41, 5.74) is 2.86. The molecule has 0 saturated heterocycles. The quantitative estimate of drug-likeness (QED) is 0.534. The molecule has 6 heteroatoms. The number of nitro benzene ring substituents is 2. The van der Waals surface area contributed by atoms with E-state index in [-0.39, 0.29) is 32.1 Å². The molecular weight excluding hydrogens is 356 g/mol. The Morgan fingerprint density at radius 3 is 1.36 bits per heavy atom. The van der Waals surface area contributed by atoms with Crippen LogP contribution < -0.4 is 0 Å². The topological polar surface area (TPSA) is 86.3 Å². The van der Waals surface area contributed by atoms with E-state index in [9.17, 15) is 20.2 Å². The van der Waals surface area contributed by atoms with E-state index < -0.39 is 0 Å². The van der Waals surface area contributed by atoms with E-state index in [0.29, 0.717) is 11.8 Å². The Bertz CT molecular complexity index is 862. The Labute approximate surface area is 162 Å². The highest BCUT2D eigenvalue weighted by molar-refractivity contribution is 5.43. The molecule has 4 bridgehead atoms. The average molecular weight is 378 g/mol. The largest absolute Gasteiger partial charge is 0.269 e. The van der Waals surface area contributed by atoms with Crippen LogP contribution >= 0.6 is 0 Å². The summed E-state index contributed by atoms with van der Waals surface area (Å²) >= 11 is 0. The second kappa shape index (κ2) is 5.87. The molecule has 0 N–H and O–H groups in total. The zero-order valence-electron chi connectivity index (χ0n) is 15.5. The number of nitrogens with zero attached hydrogens (tertiary/aromatic N) is 2. The van der Waals surface area contributed by atoms with Crippen molar-refractivity contribution in [1.82, 2.24) is 0 Å². The van der Waals surface area contributed by atoms with E-state index >= 15 is 0 Å². The van der Waals surface area contributed by atoms with Crippen molar-refractivity contribution >= 4 is 11.4 Å². The van der Waals surface area contributed by atoms with E-state index in [0.717, 1.165) is 32.1 Å². The molecule has 4 fully saturated rings. The van der Waals surface area contributed by atoms with Gasteiger partial charge in [0.1, 0.15) is 0 Å². The number of nitro groups is 2. The molecule has 0 atom stereocenters. The first kappa shape index (κ1) is 17.3. The summed E-state index contributed by atoms with van der Waals surface area (Å²) in [5, 5.41) is 22.1. The fraction of sp³-hybridized carbons (Fsp3) is 0.455. The summed E-state index contributed by atoms with van der Waals surface area (Å²) in [6, 6.07) is 14.3. The summed E-state index contributed by atoms with van der Waals surface area (Å²) in [7, 11) is 0. The lowest BCUT2D eigenvalue weighted by molar-refractivity contribution is -0.385. The van der Waals surface area contributed by atoms with E-state index in [1.54, 1.807) is 24.3 Å². The zero-order chi connectivity index (χ0) is 19.5. The normalized spacial score (nSPS) is 33.0. The van der Waals surface area contributed by atoms with Gasteiger partial charge in [-0.1, -0.05) is 24.3 Å². The lowest BCUT2D eigenvalue weighted by Gasteiger charge is -2.62. The minimum Gasteiger partial charge on any atom is -0.258 e. The van der Waals surface area contributed by atoms with Crippen molar-refractivity contribution in [3.8, 4) is 0 Å². The third kappa shape index (κ3) is 2.54. The number of hydrogen-bond acceptors (Lipinski definition) is 4. The second-order valence-corrected chi connectivity index (χ2v) is 9.13. The molecule has 4 aliphatic rings. The van der Waals surface area contributed by atoms with E-state index in [4.69, 9.17) is 0 Å². The molecule has 0 radical (unpaired) electrons. The van der Waals surface area contributed by atoms with Crippen molar-refractivity contribution in [1.29, 1.82) is 0 Å². The first-order valence-corrected chi connectivity index (χ1v) is 9.89. The molecule has 0 aliphatic heterocycles. The molecular formula is C22H22N2O4. The smallest absolute Gasteiger partial charge is 0.258 e. The Balaban J connectivity index is 1.53. The minimum absolute atomic E-state index is 0.0704. The first-order chi connectivity index (χ1) is 13.4. The number of hydrogen-bond donors (Lipinski definition) is 0. The van der Waals surface area contributed by atoms with Gasteiger partial charge in [-0.15, -0.1) is 0 Å². The molecule has 28 heavy (non-hydrogen) atoms. The molecule has 0 heterocycles. The molecule has 6 nitrogen and oxygen atoms in total. The maximum absolute atomic E-state index is 11.0. The minimum atomic E-state index is -0.345. The van der Waals surface area contributed by atoms with Gasteiger partial charge in [-0.05, 0) is 72.3 Å². The van der Waals surface area contributed by atoms with Crippen molar-refractivity contribution in [3.63, 3.8) is 0 Å². The van der Waals surface area contributed by atoms with Crippen molar-refractivity contribution in [2.24, 2.45) is 11.8 Å². The van der Waals surface area contributed by atoms with Gasteiger partial charge in [0.15, 0.2) is 0 Å². The molecule has 2 aromatic carbocycles. The van der Waals surface area contributed by atoms with Crippen molar-refractivity contribution < 1.29 is 9.85 Å². The van der Waals surface area contributed by atoms with Gasteiger partial charge < -0.3 is 0 Å². The molecule has 0 unspecified atom stereocenters. The van der Waals surface area contributed by atoms with Gasteiger partial charge in [-0.2, -0.15) is 0 Å². The van der Waals surface area contributed by atoms with E-state index in [1.807, 2.05) is 24.3 Å². The van der Waals surface area contributed by atoms with Gasteiger partial charge >= 0.3 is 0 Å². The van der Waals surface area contributed by atoms with Crippen LogP contribution in [0.25, 0.3) is 0 Å². The zero-order valence-corrected chi connectivity index (χ0v) is 15.5. The fourth-order valence-corrected chi connectivity index (χ4v) is 6.81. The molecule has 0 aromatic heterocycles. The summed E-state index contributed by atoms with van der Waals surface area (Å²) in [5.74, 6) is 1.32. The first-order valence-electron chi connectivity index (χ1n) is 9.89. The summed E-state index contributed by atoms with van der Waals surface area (Å²) in [6.45, 7) is 0. The number of rotatable bonds is 4. The molecule has 6 rings (SSSR count). The maximum Gasteiger partial charge on any atom is 0.269 e. The third-order valence-electron chi connectivity index (χ3n) is 7.44. The second-order valence-electron chi connectivity index (χ2n) is 9.13. The van der Waals surface area contributed by atoms with Crippen LogP contribution in [0.3, 0.4) is 0 Å². The third-order valence-corrected chi connectivity index (χ3v) is 7.44. The van der Waals surface area contributed by atoms with Gasteiger partial charge in [0.05, 0.1) is 9.85 Å². The molecule has 4 aliphatic carbocycles. The van der Waals surface area contributed by atoms with Gasteiger partial charge in [-0.3, -0.25) is 20.2 Å². The Kier molecular flexibility index (Phi) is 3.63. The van der Waals surface area contributed by atoms with Crippen LogP contribution in [0.15, 0.2) is 48.5 Å². The lowest BCUT2D eigenvalue weighted by Crippen LogP contribution is -2.55. The van der Waals surface area contributed by atoms with Crippen molar-refractivity contribution in [3.05, 3.63) is 79.9 Å². The Hall–Kier alpha value is -2.76. The van der Waals surface area contributed by atoms with Gasteiger partial charge in [0.2, 0.25) is 0 Å². The summed E-state index contributed by atoms with van der Waals surface area (Å²) < 4.78 is 0. The monoisotopic (exact) mass is 378 g/mol.